The third-order valence-corrected chi connectivity index (χ3v) is 4.98. The van der Waals surface area contributed by atoms with Crippen molar-refractivity contribution in [2.75, 3.05) is 24.5 Å². The molecule has 1 unspecified atom stereocenters. The summed E-state index contributed by atoms with van der Waals surface area (Å²) >= 11 is 0. The number of carbonyl (C=O) groups excluding carboxylic acids is 3. The summed E-state index contributed by atoms with van der Waals surface area (Å²) in [6.45, 7) is 2.66. The molecule has 0 N–H and O–H groups in total. The minimum absolute atomic E-state index is 0.0155. The fourth-order valence-corrected chi connectivity index (χ4v) is 3.65. The zero-order chi connectivity index (χ0) is 21.2. The van der Waals surface area contributed by atoms with Gasteiger partial charge in [0.2, 0.25) is 5.91 Å². The topological polar surface area (TPSA) is 66.9 Å². The SMILES string of the molecule is C=CC(=O)N1CCCc2cc(C(=O)OC3CCCN(CC(F)(F)F)C3=O)ccc21. The average Bonchev–Trinajstić information content (AvgIpc) is 2.68. The molecule has 9 heteroatoms. The summed E-state index contributed by atoms with van der Waals surface area (Å²) < 4.78 is 43.0. The molecule has 2 aliphatic heterocycles. The van der Waals surface area contributed by atoms with Gasteiger partial charge in [0, 0.05) is 18.8 Å². The molecule has 1 aromatic carbocycles. The molecule has 2 heterocycles. The molecule has 156 valence electrons. The highest BCUT2D eigenvalue weighted by Crippen LogP contribution is 2.29. The number of amides is 2. The molecule has 0 radical (unpaired) electrons. The lowest BCUT2D eigenvalue weighted by Gasteiger charge is -2.32. The van der Waals surface area contributed by atoms with E-state index in [2.05, 4.69) is 6.58 Å². The van der Waals surface area contributed by atoms with E-state index in [4.69, 9.17) is 4.74 Å². The molecule has 2 aliphatic rings. The van der Waals surface area contributed by atoms with E-state index in [-0.39, 0.29) is 24.4 Å². The highest BCUT2D eigenvalue weighted by atomic mass is 19.4. The Hall–Kier alpha value is -2.84. The number of esters is 1. The Balaban J connectivity index is 1.72. The number of anilines is 1. The first-order valence-corrected chi connectivity index (χ1v) is 9.33. The van der Waals surface area contributed by atoms with Crippen LogP contribution in [0.25, 0.3) is 0 Å². The number of carbonyl (C=O) groups is 3. The van der Waals surface area contributed by atoms with Crippen molar-refractivity contribution >= 4 is 23.5 Å². The minimum atomic E-state index is -4.51. The molecule has 0 aromatic heterocycles. The van der Waals surface area contributed by atoms with Gasteiger partial charge in [-0.25, -0.2) is 4.79 Å². The van der Waals surface area contributed by atoms with Gasteiger partial charge in [0.05, 0.1) is 5.56 Å². The molecule has 6 nitrogen and oxygen atoms in total. The molecule has 0 bridgehead atoms. The largest absolute Gasteiger partial charge is 0.449 e. The van der Waals surface area contributed by atoms with Crippen LogP contribution in [0.3, 0.4) is 0 Å². The Morgan fingerprint density at radius 1 is 1.24 bits per heavy atom. The van der Waals surface area contributed by atoms with Gasteiger partial charge < -0.3 is 14.5 Å². The van der Waals surface area contributed by atoms with Crippen LogP contribution in [-0.2, 0) is 20.7 Å². The van der Waals surface area contributed by atoms with E-state index in [1.54, 1.807) is 17.0 Å². The Kier molecular flexibility index (Phi) is 5.95. The molecule has 29 heavy (non-hydrogen) atoms. The number of ether oxygens (including phenoxy) is 1. The zero-order valence-corrected chi connectivity index (χ0v) is 15.7. The van der Waals surface area contributed by atoms with E-state index in [1.165, 1.54) is 12.1 Å². The number of rotatable bonds is 4. The van der Waals surface area contributed by atoms with Crippen LogP contribution in [0.5, 0.6) is 0 Å². The number of nitrogens with zero attached hydrogens (tertiary/aromatic N) is 2. The molecule has 3 rings (SSSR count). The van der Waals surface area contributed by atoms with Crippen molar-refractivity contribution in [3.63, 3.8) is 0 Å². The minimum Gasteiger partial charge on any atom is -0.449 e. The second kappa shape index (κ2) is 8.26. The summed E-state index contributed by atoms with van der Waals surface area (Å²) in [5.41, 5.74) is 1.66. The number of alkyl halides is 3. The highest BCUT2D eigenvalue weighted by molar-refractivity contribution is 6.02. The van der Waals surface area contributed by atoms with Gasteiger partial charge in [-0.15, -0.1) is 0 Å². The lowest BCUT2D eigenvalue weighted by molar-refractivity contribution is -0.170. The van der Waals surface area contributed by atoms with Crippen LogP contribution in [0.2, 0.25) is 0 Å². The van der Waals surface area contributed by atoms with Crippen LogP contribution in [0.15, 0.2) is 30.9 Å². The predicted octanol–water partition coefficient (Wildman–Crippen LogP) is 2.86. The second-order valence-electron chi connectivity index (χ2n) is 7.05. The van der Waals surface area contributed by atoms with E-state index in [9.17, 15) is 27.6 Å². The maximum absolute atomic E-state index is 12.6. The molecule has 0 aliphatic carbocycles. The third-order valence-electron chi connectivity index (χ3n) is 4.98. The lowest BCUT2D eigenvalue weighted by atomic mass is 9.99. The molecule has 1 atom stereocenters. The van der Waals surface area contributed by atoms with Crippen LogP contribution in [0.1, 0.15) is 35.2 Å². The molecule has 1 fully saturated rings. The number of aryl methyl sites for hydroxylation is 1. The molecule has 2 amide bonds. The van der Waals surface area contributed by atoms with Gasteiger partial charge in [0.1, 0.15) is 6.54 Å². The normalized spacial score (nSPS) is 19.6. The number of likely N-dealkylation sites (tertiary alicyclic amines) is 1. The van der Waals surface area contributed by atoms with Crippen LogP contribution < -0.4 is 4.90 Å². The van der Waals surface area contributed by atoms with E-state index in [0.717, 1.165) is 12.0 Å². The van der Waals surface area contributed by atoms with Crippen molar-refractivity contribution in [1.29, 1.82) is 0 Å². The molecular weight excluding hydrogens is 389 g/mol. The van der Waals surface area contributed by atoms with Gasteiger partial charge in [-0.3, -0.25) is 9.59 Å². The van der Waals surface area contributed by atoms with Gasteiger partial charge >= 0.3 is 12.1 Å². The summed E-state index contributed by atoms with van der Waals surface area (Å²) in [4.78, 5) is 39.0. The van der Waals surface area contributed by atoms with Crippen LogP contribution in [-0.4, -0.2) is 54.6 Å². The number of fused-ring (bicyclic) bond motifs is 1. The molecule has 1 aromatic rings. The van der Waals surface area contributed by atoms with Crippen molar-refractivity contribution < 1.29 is 32.3 Å². The Morgan fingerprint density at radius 2 is 2.00 bits per heavy atom. The summed E-state index contributed by atoms with van der Waals surface area (Å²) in [5.74, 6) is -1.84. The zero-order valence-electron chi connectivity index (χ0n) is 15.7. The van der Waals surface area contributed by atoms with Crippen LogP contribution in [0.4, 0.5) is 18.9 Å². The highest BCUT2D eigenvalue weighted by Gasteiger charge is 2.39. The Bertz CT molecular complexity index is 838. The van der Waals surface area contributed by atoms with Gasteiger partial charge in [-0.1, -0.05) is 6.58 Å². The standard InChI is InChI=1S/C20H21F3N2O4/c1-2-17(26)25-10-3-5-13-11-14(7-8-15(13)25)19(28)29-16-6-4-9-24(18(16)27)12-20(21,22)23/h2,7-8,11,16H,1,3-6,9-10,12H2. The van der Waals surface area contributed by atoms with Crippen molar-refractivity contribution in [3.05, 3.63) is 42.0 Å². The summed E-state index contributed by atoms with van der Waals surface area (Å²) in [6, 6.07) is 4.71. The van der Waals surface area contributed by atoms with Crippen molar-refractivity contribution in [2.45, 2.75) is 38.0 Å². The van der Waals surface area contributed by atoms with Gasteiger partial charge in [0.25, 0.3) is 5.91 Å². The number of halogens is 3. The maximum atomic E-state index is 12.6. The van der Waals surface area contributed by atoms with Crippen LogP contribution >= 0.6 is 0 Å². The fraction of sp³-hybridized carbons (Fsp3) is 0.450. The van der Waals surface area contributed by atoms with E-state index >= 15 is 0 Å². The first-order valence-electron chi connectivity index (χ1n) is 9.33. The lowest BCUT2D eigenvalue weighted by Crippen LogP contribution is -2.49. The third kappa shape index (κ3) is 4.78. The molecular formula is C20H21F3N2O4. The first-order chi connectivity index (χ1) is 13.7. The summed E-state index contributed by atoms with van der Waals surface area (Å²) in [7, 11) is 0. The smallest absolute Gasteiger partial charge is 0.406 e. The Labute approximate surface area is 165 Å². The van der Waals surface area contributed by atoms with E-state index in [0.29, 0.717) is 30.0 Å². The fourth-order valence-electron chi connectivity index (χ4n) is 3.65. The van der Waals surface area contributed by atoms with Gasteiger partial charge in [-0.05, 0) is 55.5 Å². The number of piperidine rings is 1. The van der Waals surface area contributed by atoms with Gasteiger partial charge in [-0.2, -0.15) is 13.2 Å². The number of benzene rings is 1. The second-order valence-corrected chi connectivity index (χ2v) is 7.05. The van der Waals surface area contributed by atoms with Crippen molar-refractivity contribution in [3.8, 4) is 0 Å². The Morgan fingerprint density at radius 3 is 2.69 bits per heavy atom. The molecule has 1 saturated heterocycles. The number of hydrogen-bond donors (Lipinski definition) is 0. The average molecular weight is 410 g/mol. The molecule has 0 spiro atoms. The first kappa shape index (κ1) is 20.9. The summed E-state index contributed by atoms with van der Waals surface area (Å²) in [5, 5.41) is 0. The predicted molar refractivity (Wildman–Crippen MR) is 98.4 cm³/mol. The number of hydrogen-bond acceptors (Lipinski definition) is 4. The monoisotopic (exact) mass is 410 g/mol. The van der Waals surface area contributed by atoms with Crippen LogP contribution in [0, 0.1) is 0 Å². The van der Waals surface area contributed by atoms with E-state index in [1.807, 2.05) is 0 Å². The van der Waals surface area contributed by atoms with Crippen molar-refractivity contribution in [2.24, 2.45) is 0 Å². The van der Waals surface area contributed by atoms with Crippen molar-refractivity contribution in [1.82, 2.24) is 4.90 Å². The summed E-state index contributed by atoms with van der Waals surface area (Å²) in [6.07, 6.45) is -2.62. The molecule has 0 saturated carbocycles. The van der Waals surface area contributed by atoms with Gasteiger partial charge in [0.15, 0.2) is 6.10 Å². The van der Waals surface area contributed by atoms with E-state index < -0.39 is 30.7 Å². The maximum Gasteiger partial charge on any atom is 0.406 e. The quantitative estimate of drug-likeness (QED) is 0.566.